The highest BCUT2D eigenvalue weighted by molar-refractivity contribution is 5.94. The molecule has 182 valence electrons. The van der Waals surface area contributed by atoms with E-state index in [1.54, 1.807) is 7.11 Å². The Morgan fingerprint density at radius 2 is 1.75 bits per heavy atom. The molecule has 3 heterocycles. The topological polar surface area (TPSA) is 111 Å². The van der Waals surface area contributed by atoms with Crippen molar-refractivity contribution in [1.82, 2.24) is 24.4 Å². The Morgan fingerprint density at radius 3 is 2.50 bits per heavy atom. The van der Waals surface area contributed by atoms with Crippen LogP contribution in [0.15, 0.2) is 76.4 Å². The lowest BCUT2D eigenvalue weighted by Crippen LogP contribution is -2.37. The second-order valence-electron chi connectivity index (χ2n) is 8.60. The zero-order valence-corrected chi connectivity index (χ0v) is 20.1. The molecule has 5 rings (SSSR count). The van der Waals surface area contributed by atoms with Gasteiger partial charge in [-0.3, -0.25) is 18.7 Å². The molecule has 5 aromatic rings. The number of H-pyrrole nitrogens is 1. The minimum absolute atomic E-state index is 0.123. The lowest BCUT2D eigenvalue weighted by atomic mass is 9.90. The van der Waals surface area contributed by atoms with Crippen LogP contribution in [0.4, 0.5) is 0 Å². The van der Waals surface area contributed by atoms with Crippen molar-refractivity contribution in [2.45, 2.75) is 5.92 Å². The molecule has 0 aliphatic heterocycles. The van der Waals surface area contributed by atoms with E-state index < -0.39 is 17.2 Å². The second-order valence-corrected chi connectivity index (χ2v) is 8.60. The van der Waals surface area contributed by atoms with E-state index in [4.69, 9.17) is 4.74 Å². The van der Waals surface area contributed by atoms with E-state index in [0.717, 1.165) is 32.3 Å². The first-order valence-corrected chi connectivity index (χ1v) is 11.4. The number of hydrogen-bond acceptors (Lipinski definition) is 5. The molecule has 9 heteroatoms. The molecular formula is C27H25N5O4. The number of nitrogens with one attached hydrogen (secondary N) is 2. The van der Waals surface area contributed by atoms with Crippen molar-refractivity contribution < 1.29 is 9.53 Å². The summed E-state index contributed by atoms with van der Waals surface area (Å²) in [5, 5.41) is 4.33. The molecule has 1 amide bonds. The number of hydrogen-bond donors (Lipinski definition) is 2. The maximum atomic E-state index is 13.1. The number of carbonyl (C=O) groups excluding carboxylic acids is 1. The second kappa shape index (κ2) is 9.18. The quantitative estimate of drug-likeness (QED) is 0.386. The van der Waals surface area contributed by atoms with Crippen molar-refractivity contribution in [1.29, 1.82) is 0 Å². The van der Waals surface area contributed by atoms with Crippen LogP contribution in [0.1, 0.15) is 27.5 Å². The van der Waals surface area contributed by atoms with E-state index in [9.17, 15) is 14.4 Å². The number of aromatic nitrogens is 4. The largest absolute Gasteiger partial charge is 0.497 e. The van der Waals surface area contributed by atoms with Crippen molar-refractivity contribution in [3.05, 3.63) is 105 Å². The summed E-state index contributed by atoms with van der Waals surface area (Å²) in [6.45, 7) is 0.308. The minimum Gasteiger partial charge on any atom is -0.497 e. The number of methoxy groups -OCH3 is 1. The predicted octanol–water partition coefficient (Wildman–Crippen LogP) is 2.68. The highest BCUT2D eigenvalue weighted by atomic mass is 16.5. The number of aryl methyl sites for hydroxylation is 1. The Morgan fingerprint density at radius 1 is 1.00 bits per heavy atom. The summed E-state index contributed by atoms with van der Waals surface area (Å²) >= 11 is 0. The fourth-order valence-electron chi connectivity index (χ4n) is 4.49. The number of aromatic amines is 1. The number of para-hydroxylation sites is 1. The Bertz CT molecular complexity index is 1710. The average molecular weight is 484 g/mol. The molecular weight excluding hydrogens is 458 g/mol. The molecule has 9 nitrogen and oxygen atoms in total. The number of ether oxygens (including phenoxy) is 1. The molecule has 1 unspecified atom stereocenters. The van der Waals surface area contributed by atoms with Gasteiger partial charge in [-0.1, -0.05) is 30.3 Å². The normalized spacial score (nSPS) is 12.1. The molecule has 3 aromatic heterocycles. The standard InChI is InChI=1S/C27H25N5O4/c1-31-24-19(26(34)32(2)27(31)35)12-13-23(30-24)25(33)29-14-20(16-8-10-17(36-3)11-9-16)21-15-28-22-7-5-4-6-18(21)22/h4-13,15,20,28H,14H2,1-3H3,(H,29,33). The summed E-state index contributed by atoms with van der Waals surface area (Å²) in [5.41, 5.74) is 2.41. The summed E-state index contributed by atoms with van der Waals surface area (Å²) in [6, 6.07) is 18.8. The Balaban J connectivity index is 1.48. The van der Waals surface area contributed by atoms with Gasteiger partial charge in [0.1, 0.15) is 17.1 Å². The van der Waals surface area contributed by atoms with Crippen molar-refractivity contribution in [3.63, 3.8) is 0 Å². The summed E-state index contributed by atoms with van der Waals surface area (Å²) in [6.07, 6.45) is 1.96. The van der Waals surface area contributed by atoms with Gasteiger partial charge in [0.15, 0.2) is 0 Å². The van der Waals surface area contributed by atoms with Crippen LogP contribution in [0.2, 0.25) is 0 Å². The number of nitrogens with zero attached hydrogens (tertiary/aromatic N) is 3. The average Bonchev–Trinajstić information content (AvgIpc) is 3.34. The van der Waals surface area contributed by atoms with Crippen LogP contribution in [0, 0.1) is 0 Å². The summed E-state index contributed by atoms with van der Waals surface area (Å²) < 4.78 is 7.58. The van der Waals surface area contributed by atoms with Crippen LogP contribution in [-0.2, 0) is 14.1 Å². The molecule has 0 fully saturated rings. The first-order chi connectivity index (χ1) is 17.4. The fourth-order valence-corrected chi connectivity index (χ4v) is 4.49. The van der Waals surface area contributed by atoms with Crippen molar-refractivity contribution >= 4 is 27.8 Å². The Labute approximate surface area is 206 Å². The third-order valence-electron chi connectivity index (χ3n) is 6.52. The van der Waals surface area contributed by atoms with Crippen LogP contribution in [0.25, 0.3) is 21.9 Å². The molecule has 2 N–H and O–H groups in total. The van der Waals surface area contributed by atoms with Crippen LogP contribution in [0.5, 0.6) is 5.75 Å². The lowest BCUT2D eigenvalue weighted by molar-refractivity contribution is 0.0947. The van der Waals surface area contributed by atoms with Gasteiger partial charge in [0, 0.05) is 43.7 Å². The van der Waals surface area contributed by atoms with Gasteiger partial charge in [-0.2, -0.15) is 0 Å². The molecule has 0 aliphatic carbocycles. The smallest absolute Gasteiger partial charge is 0.332 e. The van der Waals surface area contributed by atoms with Crippen molar-refractivity contribution in [3.8, 4) is 5.75 Å². The molecule has 2 aromatic carbocycles. The molecule has 0 radical (unpaired) electrons. The van der Waals surface area contributed by atoms with Crippen LogP contribution >= 0.6 is 0 Å². The van der Waals surface area contributed by atoms with Gasteiger partial charge in [0.25, 0.3) is 11.5 Å². The van der Waals surface area contributed by atoms with E-state index >= 15 is 0 Å². The zero-order valence-electron chi connectivity index (χ0n) is 20.1. The SMILES string of the molecule is COc1ccc(C(CNC(=O)c2ccc3c(=O)n(C)c(=O)n(C)c3n2)c2c[nH]c3ccccc23)cc1. The lowest BCUT2D eigenvalue weighted by Gasteiger charge is -2.19. The van der Waals surface area contributed by atoms with E-state index in [1.165, 1.54) is 30.8 Å². The number of benzene rings is 2. The fraction of sp³-hybridized carbons (Fsp3) is 0.185. The molecule has 0 spiro atoms. The van der Waals surface area contributed by atoms with Gasteiger partial charge in [-0.15, -0.1) is 0 Å². The van der Waals surface area contributed by atoms with Crippen LogP contribution in [0.3, 0.4) is 0 Å². The number of amides is 1. The Hall–Kier alpha value is -4.66. The number of carbonyl (C=O) groups is 1. The molecule has 0 saturated carbocycles. The predicted molar refractivity (Wildman–Crippen MR) is 138 cm³/mol. The van der Waals surface area contributed by atoms with Gasteiger partial charge in [0.05, 0.1) is 12.5 Å². The number of rotatable bonds is 6. The van der Waals surface area contributed by atoms with Gasteiger partial charge in [0.2, 0.25) is 0 Å². The van der Waals surface area contributed by atoms with Crippen LogP contribution in [-0.4, -0.2) is 38.7 Å². The number of fused-ring (bicyclic) bond motifs is 2. The third-order valence-corrected chi connectivity index (χ3v) is 6.52. The van der Waals surface area contributed by atoms with Gasteiger partial charge in [-0.25, -0.2) is 9.78 Å². The van der Waals surface area contributed by atoms with Crippen LogP contribution < -0.4 is 21.3 Å². The zero-order chi connectivity index (χ0) is 25.4. The monoisotopic (exact) mass is 483 g/mol. The molecule has 0 bridgehead atoms. The highest BCUT2D eigenvalue weighted by Gasteiger charge is 2.21. The van der Waals surface area contributed by atoms with E-state index in [-0.39, 0.29) is 22.6 Å². The molecule has 0 saturated heterocycles. The summed E-state index contributed by atoms with van der Waals surface area (Å²) in [7, 11) is 4.55. The van der Waals surface area contributed by atoms with Crippen molar-refractivity contribution in [2.75, 3.05) is 13.7 Å². The maximum absolute atomic E-state index is 13.1. The maximum Gasteiger partial charge on any atom is 0.332 e. The van der Waals surface area contributed by atoms with Gasteiger partial charge >= 0.3 is 5.69 Å². The molecule has 0 aliphatic rings. The first kappa shape index (κ1) is 23.1. The van der Waals surface area contributed by atoms with E-state index in [2.05, 4.69) is 15.3 Å². The minimum atomic E-state index is -0.503. The first-order valence-electron chi connectivity index (χ1n) is 11.4. The molecule has 36 heavy (non-hydrogen) atoms. The Kier molecular flexibility index (Phi) is 5.89. The summed E-state index contributed by atoms with van der Waals surface area (Å²) in [4.78, 5) is 45.5. The van der Waals surface area contributed by atoms with E-state index in [0.29, 0.717) is 6.54 Å². The molecule has 1 atom stereocenters. The number of pyridine rings is 1. The highest BCUT2D eigenvalue weighted by Crippen LogP contribution is 2.31. The third kappa shape index (κ3) is 3.94. The van der Waals surface area contributed by atoms with Gasteiger partial charge < -0.3 is 15.0 Å². The van der Waals surface area contributed by atoms with Gasteiger partial charge in [-0.05, 0) is 41.5 Å². The summed E-state index contributed by atoms with van der Waals surface area (Å²) in [5.74, 6) is 0.203. The van der Waals surface area contributed by atoms with Crippen molar-refractivity contribution in [2.24, 2.45) is 14.1 Å². The van der Waals surface area contributed by atoms with E-state index in [1.807, 2.05) is 54.7 Å².